The van der Waals surface area contributed by atoms with E-state index in [9.17, 15) is 0 Å². The molecule has 0 fully saturated rings. The molecule has 6 nitrogen and oxygen atoms in total. The van der Waals surface area contributed by atoms with Gasteiger partial charge in [0.15, 0.2) is 5.82 Å². The summed E-state index contributed by atoms with van der Waals surface area (Å²) >= 11 is 0. The number of para-hydroxylation sites is 3. The Morgan fingerprint density at radius 2 is 1.10 bits per heavy atom. The normalized spacial score (nSPS) is 11.8. The second kappa shape index (κ2) is 11.2. The van der Waals surface area contributed by atoms with Crippen molar-refractivity contribution in [3.8, 4) is 39.9 Å². The highest BCUT2D eigenvalue weighted by atomic mass is 16.3. The molecule has 11 rings (SSSR count). The minimum absolute atomic E-state index is 0.406. The van der Waals surface area contributed by atoms with Crippen LogP contribution in [-0.4, -0.2) is 24.5 Å². The van der Waals surface area contributed by atoms with E-state index in [1.807, 2.05) is 36.4 Å². The van der Waals surface area contributed by atoms with Crippen LogP contribution >= 0.6 is 0 Å². The first kappa shape index (κ1) is 28.6. The molecule has 0 unspecified atom stereocenters. The third-order valence-corrected chi connectivity index (χ3v) is 10.0. The molecule has 11 aromatic rings. The fourth-order valence-corrected chi connectivity index (χ4v) is 7.69. The summed E-state index contributed by atoms with van der Waals surface area (Å²) in [4.78, 5) is 20.8. The van der Waals surface area contributed by atoms with Gasteiger partial charge in [0.05, 0.1) is 33.3 Å². The zero-order valence-electron chi connectivity index (χ0n) is 27.7. The van der Waals surface area contributed by atoms with Crippen LogP contribution in [0.15, 0.2) is 168 Å². The lowest BCUT2D eigenvalue weighted by molar-refractivity contribution is 0.653. The van der Waals surface area contributed by atoms with Crippen LogP contribution in [0.5, 0.6) is 0 Å². The van der Waals surface area contributed by atoms with Gasteiger partial charge >= 0.3 is 0 Å². The molecule has 0 bridgehead atoms. The maximum Gasteiger partial charge on any atom is 0.231 e. The number of nitrogens with zero attached hydrogens (tertiary/aromatic N) is 5. The highest BCUT2D eigenvalue weighted by Crippen LogP contribution is 2.39. The van der Waals surface area contributed by atoms with E-state index in [0.29, 0.717) is 17.4 Å². The highest BCUT2D eigenvalue weighted by Gasteiger charge is 2.22. The molecule has 0 saturated heterocycles. The second-order valence-corrected chi connectivity index (χ2v) is 13.0. The molecule has 0 spiro atoms. The average molecular weight is 666 g/mol. The maximum absolute atomic E-state index is 6.37. The Labute approximate surface area is 297 Å². The topological polar surface area (TPSA) is 69.6 Å². The van der Waals surface area contributed by atoms with Crippen molar-refractivity contribution in [2.24, 2.45) is 0 Å². The molecular weight excluding hydrogens is 639 g/mol. The van der Waals surface area contributed by atoms with E-state index >= 15 is 0 Å². The largest absolute Gasteiger partial charge is 0.438 e. The minimum Gasteiger partial charge on any atom is -0.438 e. The Kier molecular flexibility index (Phi) is 6.15. The summed E-state index contributed by atoms with van der Waals surface area (Å²) in [5.74, 6) is 0.841. The predicted molar refractivity (Wildman–Crippen MR) is 211 cm³/mol. The second-order valence-electron chi connectivity index (χ2n) is 13.0. The Hall–Kier alpha value is -7.18. The first-order chi connectivity index (χ1) is 25.8. The molecule has 0 aliphatic heterocycles. The third-order valence-electron chi connectivity index (χ3n) is 10.0. The number of fused-ring (bicyclic) bond motifs is 9. The summed E-state index contributed by atoms with van der Waals surface area (Å²) in [6, 6.07) is 56.5. The molecule has 4 aromatic heterocycles. The van der Waals surface area contributed by atoms with Crippen molar-refractivity contribution in [2.75, 3.05) is 0 Å². The van der Waals surface area contributed by atoms with Crippen LogP contribution in [0.3, 0.4) is 0 Å². The summed E-state index contributed by atoms with van der Waals surface area (Å²) in [6.45, 7) is 0. The van der Waals surface area contributed by atoms with Crippen LogP contribution in [0, 0.1) is 0 Å². The molecule has 4 heterocycles. The molecule has 6 heteroatoms. The summed E-state index contributed by atoms with van der Waals surface area (Å²) in [5.41, 5.74) is 9.07. The molecule has 0 saturated carbocycles. The van der Waals surface area contributed by atoms with Gasteiger partial charge in [-0.3, -0.25) is 0 Å². The Balaban J connectivity index is 1.21. The number of aromatic nitrogens is 5. The van der Waals surface area contributed by atoms with Gasteiger partial charge in [0.25, 0.3) is 0 Å². The first-order valence-electron chi connectivity index (χ1n) is 17.3. The van der Waals surface area contributed by atoms with Gasteiger partial charge < -0.3 is 8.98 Å². The third kappa shape index (κ3) is 4.31. The van der Waals surface area contributed by atoms with Crippen molar-refractivity contribution < 1.29 is 4.42 Å². The summed E-state index contributed by atoms with van der Waals surface area (Å²) < 4.78 is 8.69. The molecule has 7 aromatic carbocycles. The van der Waals surface area contributed by atoms with Crippen molar-refractivity contribution in [2.45, 2.75) is 0 Å². The van der Waals surface area contributed by atoms with Crippen molar-refractivity contribution in [1.29, 1.82) is 0 Å². The lowest BCUT2D eigenvalue weighted by atomic mass is 10.0. The number of furan rings is 1. The van der Waals surface area contributed by atoms with E-state index < -0.39 is 0 Å². The maximum atomic E-state index is 6.37. The lowest BCUT2D eigenvalue weighted by Gasteiger charge is -2.12. The quantitative estimate of drug-likeness (QED) is 0.175. The molecule has 0 atom stereocenters. The van der Waals surface area contributed by atoms with E-state index in [1.54, 1.807) is 0 Å². The number of hydrogen-bond donors (Lipinski definition) is 0. The average Bonchev–Trinajstić information content (AvgIpc) is 3.76. The van der Waals surface area contributed by atoms with E-state index in [1.165, 1.54) is 5.39 Å². The van der Waals surface area contributed by atoms with Crippen LogP contribution in [0.25, 0.3) is 105 Å². The Bertz CT molecular complexity index is 3180. The smallest absolute Gasteiger partial charge is 0.231 e. The number of benzene rings is 7. The number of hydrogen-bond acceptors (Lipinski definition) is 5. The Morgan fingerprint density at radius 1 is 0.423 bits per heavy atom. The minimum atomic E-state index is 0.406. The van der Waals surface area contributed by atoms with Crippen molar-refractivity contribution in [3.05, 3.63) is 164 Å². The van der Waals surface area contributed by atoms with Crippen LogP contribution in [0.2, 0.25) is 0 Å². The molecule has 52 heavy (non-hydrogen) atoms. The van der Waals surface area contributed by atoms with Crippen LogP contribution in [0.4, 0.5) is 0 Å². The first-order valence-corrected chi connectivity index (χ1v) is 17.3. The van der Waals surface area contributed by atoms with Gasteiger partial charge in [-0.1, -0.05) is 121 Å². The van der Waals surface area contributed by atoms with Crippen molar-refractivity contribution >= 4 is 65.6 Å². The highest BCUT2D eigenvalue weighted by molar-refractivity contribution is 6.14. The van der Waals surface area contributed by atoms with Crippen molar-refractivity contribution in [1.82, 2.24) is 24.5 Å². The SMILES string of the molecule is c1ccc(-c2nc(-c3nc(-c4ccc5c(c4)c4ccccc4n5-c4ccccc4)c4ccc5ccccc5c4n3)nc3oc4ccccc4c23)cc1. The Morgan fingerprint density at radius 3 is 1.96 bits per heavy atom. The number of rotatable bonds is 4. The zero-order chi connectivity index (χ0) is 34.2. The van der Waals surface area contributed by atoms with E-state index in [2.05, 4.69) is 132 Å². The molecule has 0 aliphatic carbocycles. The molecule has 0 radical (unpaired) electrons. The van der Waals surface area contributed by atoms with Crippen molar-refractivity contribution in [3.63, 3.8) is 0 Å². The van der Waals surface area contributed by atoms with Gasteiger partial charge in [0, 0.05) is 43.7 Å². The van der Waals surface area contributed by atoms with Crippen LogP contribution in [0.1, 0.15) is 0 Å². The standard InChI is InChI=1S/C46H27N5O/c1-3-14-29(15-4-1)42-40-34-20-10-12-22-39(34)52-46(40)50-45(48-42)44-47-41(35-25-23-28-13-7-8-18-32(28)43(35)49-44)30-24-26-38-36(27-30)33-19-9-11-21-37(33)51(38)31-16-5-2-6-17-31/h1-27H. The molecule has 0 amide bonds. The lowest BCUT2D eigenvalue weighted by Crippen LogP contribution is -2.01. The summed E-state index contributed by atoms with van der Waals surface area (Å²) in [6.07, 6.45) is 0. The van der Waals surface area contributed by atoms with Gasteiger partial charge in [-0.2, -0.15) is 4.98 Å². The predicted octanol–water partition coefficient (Wildman–Crippen LogP) is 11.6. The van der Waals surface area contributed by atoms with Gasteiger partial charge in [-0.25, -0.2) is 15.0 Å². The van der Waals surface area contributed by atoms with E-state index in [4.69, 9.17) is 24.4 Å². The monoisotopic (exact) mass is 665 g/mol. The molecular formula is C46H27N5O. The van der Waals surface area contributed by atoms with E-state index in [-0.39, 0.29) is 0 Å². The molecule has 242 valence electrons. The molecule has 0 N–H and O–H groups in total. The van der Waals surface area contributed by atoms with Gasteiger partial charge in [0.1, 0.15) is 5.58 Å². The van der Waals surface area contributed by atoms with Crippen LogP contribution in [-0.2, 0) is 0 Å². The van der Waals surface area contributed by atoms with Gasteiger partial charge in [-0.15, -0.1) is 0 Å². The van der Waals surface area contributed by atoms with Crippen LogP contribution < -0.4 is 0 Å². The zero-order valence-corrected chi connectivity index (χ0v) is 27.7. The summed E-state index contributed by atoms with van der Waals surface area (Å²) in [7, 11) is 0. The fraction of sp³-hybridized carbons (Fsp3) is 0. The van der Waals surface area contributed by atoms with Gasteiger partial charge in [0.2, 0.25) is 11.5 Å². The van der Waals surface area contributed by atoms with Gasteiger partial charge in [-0.05, 0) is 47.9 Å². The fourth-order valence-electron chi connectivity index (χ4n) is 7.69. The van der Waals surface area contributed by atoms with E-state index in [0.717, 1.165) is 82.7 Å². The summed E-state index contributed by atoms with van der Waals surface area (Å²) in [5, 5.41) is 7.28. The molecule has 0 aliphatic rings.